The Hall–Kier alpha value is -5.24. The summed E-state index contributed by atoms with van der Waals surface area (Å²) in [6.45, 7) is 3.08. The number of likely N-dealkylation sites (N-methyl/N-ethyl adjacent to an activating group) is 1. The van der Waals surface area contributed by atoms with Gasteiger partial charge in [-0.3, -0.25) is 14.3 Å². The molecule has 3 N–H and O–H groups in total. The third kappa shape index (κ3) is 7.18. The summed E-state index contributed by atoms with van der Waals surface area (Å²) in [5.41, 5.74) is 3.21. The number of phenolic OH excluding ortho intramolecular Hbond substituents is 1. The van der Waals surface area contributed by atoms with E-state index in [1.54, 1.807) is 53.9 Å². The fourth-order valence-electron chi connectivity index (χ4n) is 7.24. The Morgan fingerprint density at radius 2 is 1.80 bits per heavy atom. The molecule has 1 aliphatic carbocycles. The number of benzene rings is 2. The molecule has 1 aliphatic rings. The fourth-order valence-corrected chi connectivity index (χ4v) is 7.24. The predicted molar refractivity (Wildman–Crippen MR) is 190 cm³/mol. The summed E-state index contributed by atoms with van der Waals surface area (Å²) >= 11 is 0. The van der Waals surface area contributed by atoms with Crippen molar-refractivity contribution in [1.82, 2.24) is 33.7 Å². The first kappa shape index (κ1) is 34.2. The molecular formula is C38H39F2N7O4. The van der Waals surface area contributed by atoms with Crippen LogP contribution >= 0.6 is 0 Å². The number of aliphatic hydroxyl groups excluding tert-OH is 1. The highest BCUT2D eigenvalue weighted by molar-refractivity contribution is 5.77. The first-order chi connectivity index (χ1) is 24.5. The maximum atomic E-state index is 14.6. The fraction of sp³-hybridized carbons (Fsp3) is 0.316. The zero-order chi connectivity index (χ0) is 35.8. The molecule has 2 aromatic carbocycles. The van der Waals surface area contributed by atoms with Crippen LogP contribution in [-0.2, 0) is 13.1 Å². The van der Waals surface area contributed by atoms with Gasteiger partial charge in [0, 0.05) is 44.1 Å². The third-order valence-corrected chi connectivity index (χ3v) is 9.51. The molecule has 0 bridgehead atoms. The molecule has 0 aliphatic heterocycles. The van der Waals surface area contributed by atoms with E-state index in [0.29, 0.717) is 56.7 Å². The van der Waals surface area contributed by atoms with Gasteiger partial charge in [0.1, 0.15) is 23.0 Å². The number of hydrogen-bond acceptors (Lipinski definition) is 8. The molecule has 0 radical (unpaired) electrons. The number of nitrogens with one attached hydrogen (secondary N) is 1. The second-order valence-electron chi connectivity index (χ2n) is 13.5. The lowest BCUT2D eigenvalue weighted by Crippen LogP contribution is -2.44. The van der Waals surface area contributed by atoms with E-state index in [0.717, 1.165) is 34.6 Å². The number of rotatable bonds is 10. The molecule has 51 heavy (non-hydrogen) atoms. The zero-order valence-corrected chi connectivity index (χ0v) is 28.3. The van der Waals surface area contributed by atoms with E-state index < -0.39 is 29.2 Å². The largest absolute Gasteiger partial charge is 0.508 e. The minimum atomic E-state index is -0.678. The van der Waals surface area contributed by atoms with Crippen LogP contribution in [0.25, 0.3) is 33.5 Å². The van der Waals surface area contributed by atoms with Crippen molar-refractivity contribution in [3.63, 3.8) is 0 Å². The molecule has 264 valence electrons. The molecule has 11 nitrogen and oxygen atoms in total. The Balaban J connectivity index is 1.19. The number of aromatic hydroxyl groups is 1. The van der Waals surface area contributed by atoms with Gasteiger partial charge in [-0.2, -0.15) is 0 Å². The average molecular weight is 696 g/mol. The quantitative estimate of drug-likeness (QED) is 0.184. The van der Waals surface area contributed by atoms with E-state index in [9.17, 15) is 28.6 Å². The van der Waals surface area contributed by atoms with Crippen molar-refractivity contribution in [3.05, 3.63) is 123 Å². The zero-order valence-electron chi connectivity index (χ0n) is 28.3. The van der Waals surface area contributed by atoms with Crippen LogP contribution in [-0.4, -0.2) is 64.4 Å². The van der Waals surface area contributed by atoms with Crippen molar-refractivity contribution in [2.75, 3.05) is 13.6 Å². The summed E-state index contributed by atoms with van der Waals surface area (Å²) in [7, 11) is 1.88. The van der Waals surface area contributed by atoms with E-state index in [2.05, 4.69) is 15.3 Å². The number of nitrogens with zero attached hydrogens (tertiary/aromatic N) is 6. The minimum Gasteiger partial charge on any atom is -0.508 e. The second-order valence-corrected chi connectivity index (χ2v) is 13.5. The molecule has 1 fully saturated rings. The highest BCUT2D eigenvalue weighted by Crippen LogP contribution is 2.31. The number of imidazole rings is 1. The van der Waals surface area contributed by atoms with Gasteiger partial charge >= 0.3 is 5.69 Å². The molecule has 1 saturated carbocycles. The number of aromatic nitrogens is 5. The van der Waals surface area contributed by atoms with Crippen LogP contribution in [0.1, 0.15) is 49.9 Å². The van der Waals surface area contributed by atoms with Gasteiger partial charge in [-0.25, -0.2) is 28.1 Å². The summed E-state index contributed by atoms with van der Waals surface area (Å²) < 4.78 is 32.5. The molecule has 1 atom stereocenters. The van der Waals surface area contributed by atoms with Crippen LogP contribution in [0.5, 0.6) is 5.75 Å². The highest BCUT2D eigenvalue weighted by Gasteiger charge is 2.27. The topological polar surface area (TPSA) is 130 Å². The molecule has 0 amide bonds. The lowest BCUT2D eigenvalue weighted by Gasteiger charge is -2.30. The summed E-state index contributed by atoms with van der Waals surface area (Å²) in [6.07, 6.45) is 6.12. The SMILES string of the molecule is C[C@@H](O)CN(C)Cc1cc(O)ccc1-c1cccc(-n2c(=O)n([C@H]3CC[C@@H](NCc4cn5cc(F)ccc5n4)CC3)c(=O)c3cc(F)cnc32)c1. The number of halogens is 2. The molecule has 0 saturated heterocycles. The van der Waals surface area contributed by atoms with Crippen molar-refractivity contribution in [2.24, 2.45) is 0 Å². The Bertz CT molecular complexity index is 2340. The summed E-state index contributed by atoms with van der Waals surface area (Å²) in [6, 6.07) is 16.2. The Morgan fingerprint density at radius 1 is 1.00 bits per heavy atom. The Kier molecular flexibility index (Phi) is 9.51. The van der Waals surface area contributed by atoms with Gasteiger partial charge in [-0.05, 0) is 98.8 Å². The molecule has 6 aromatic rings. The molecule has 13 heteroatoms. The number of fused-ring (bicyclic) bond motifs is 2. The van der Waals surface area contributed by atoms with Crippen LogP contribution in [0.3, 0.4) is 0 Å². The number of pyridine rings is 2. The monoisotopic (exact) mass is 695 g/mol. The third-order valence-electron chi connectivity index (χ3n) is 9.51. The van der Waals surface area contributed by atoms with Crippen molar-refractivity contribution in [1.29, 1.82) is 0 Å². The molecule has 4 aromatic heterocycles. The van der Waals surface area contributed by atoms with Crippen LogP contribution in [0, 0.1) is 11.6 Å². The number of hydrogen-bond donors (Lipinski definition) is 3. The normalized spacial score (nSPS) is 17.1. The van der Waals surface area contributed by atoms with Crippen molar-refractivity contribution < 1.29 is 19.0 Å². The van der Waals surface area contributed by atoms with Gasteiger partial charge in [0.05, 0.1) is 29.1 Å². The van der Waals surface area contributed by atoms with Crippen molar-refractivity contribution in [3.8, 4) is 22.6 Å². The second kappa shape index (κ2) is 14.2. The first-order valence-electron chi connectivity index (χ1n) is 17.0. The lowest BCUT2D eigenvalue weighted by molar-refractivity contribution is 0.138. The maximum absolute atomic E-state index is 14.6. The lowest BCUT2D eigenvalue weighted by atomic mass is 9.91. The Morgan fingerprint density at radius 3 is 2.59 bits per heavy atom. The van der Waals surface area contributed by atoms with E-state index in [1.807, 2.05) is 24.1 Å². The van der Waals surface area contributed by atoms with Crippen LogP contribution in [0.2, 0.25) is 0 Å². The van der Waals surface area contributed by atoms with E-state index in [4.69, 9.17) is 0 Å². The minimum absolute atomic E-state index is 0.00797. The van der Waals surface area contributed by atoms with Gasteiger partial charge in [0.2, 0.25) is 0 Å². The van der Waals surface area contributed by atoms with Crippen molar-refractivity contribution >= 4 is 16.7 Å². The van der Waals surface area contributed by atoms with E-state index in [-0.39, 0.29) is 28.6 Å². The van der Waals surface area contributed by atoms with Gasteiger partial charge in [-0.1, -0.05) is 18.2 Å². The number of aliphatic hydroxyl groups is 1. The molecule has 4 heterocycles. The standard InChI is InChI=1S/C38H39F2N7O4/c1-23(48)19-44(2)20-25-15-32(49)11-12-33(25)24-4-3-5-31(14-24)46-36-34(16-27(40)17-42-36)37(50)47(38(46)51)30-9-7-28(8-10-30)41-18-29-22-45-21-26(39)6-13-35(45)43-29/h3-6,11-17,21-23,28,30,41,48-49H,7-10,18-20H2,1-2H3/t23-,28-,30+/m1/s1. The van der Waals surface area contributed by atoms with Gasteiger partial charge in [-0.15, -0.1) is 0 Å². The molecule has 0 spiro atoms. The highest BCUT2D eigenvalue weighted by atomic mass is 19.1. The molecule has 0 unspecified atom stereocenters. The summed E-state index contributed by atoms with van der Waals surface area (Å²) in [5.74, 6) is -0.915. The van der Waals surface area contributed by atoms with Gasteiger partial charge < -0.3 is 19.9 Å². The van der Waals surface area contributed by atoms with E-state index >= 15 is 0 Å². The molecular weight excluding hydrogens is 656 g/mol. The van der Waals surface area contributed by atoms with Gasteiger partial charge in [0.25, 0.3) is 5.56 Å². The van der Waals surface area contributed by atoms with Crippen molar-refractivity contribution in [2.45, 2.75) is 63.9 Å². The smallest absolute Gasteiger partial charge is 0.337 e. The first-order valence-corrected chi connectivity index (χ1v) is 17.0. The molecule has 7 rings (SSSR count). The van der Waals surface area contributed by atoms with Crippen LogP contribution < -0.4 is 16.6 Å². The predicted octanol–water partition coefficient (Wildman–Crippen LogP) is 4.93. The maximum Gasteiger partial charge on any atom is 0.337 e. The summed E-state index contributed by atoms with van der Waals surface area (Å²) in [4.78, 5) is 39.0. The average Bonchev–Trinajstić information content (AvgIpc) is 3.50. The summed E-state index contributed by atoms with van der Waals surface area (Å²) in [5, 5.41) is 23.7. The van der Waals surface area contributed by atoms with Crippen LogP contribution in [0.4, 0.5) is 8.78 Å². The number of phenols is 1. The van der Waals surface area contributed by atoms with Gasteiger partial charge in [0.15, 0.2) is 5.65 Å². The van der Waals surface area contributed by atoms with Crippen LogP contribution in [0.15, 0.2) is 88.8 Å². The van der Waals surface area contributed by atoms with E-state index in [1.165, 1.54) is 21.4 Å². The Labute approximate surface area is 292 Å².